The minimum atomic E-state index is 0.426. The highest BCUT2D eigenvalue weighted by Crippen LogP contribution is 2.42. The summed E-state index contributed by atoms with van der Waals surface area (Å²) in [7, 11) is 1.76. The zero-order valence-electron chi connectivity index (χ0n) is 11.4. The number of nitrogens with one attached hydrogen (secondary N) is 1. The van der Waals surface area contributed by atoms with E-state index in [1.807, 2.05) is 0 Å². The Morgan fingerprint density at radius 2 is 2.17 bits per heavy atom. The summed E-state index contributed by atoms with van der Waals surface area (Å²) in [6, 6.07) is 4.78. The lowest BCUT2D eigenvalue weighted by Crippen LogP contribution is -2.32. The third-order valence-corrected chi connectivity index (χ3v) is 4.75. The quantitative estimate of drug-likeness (QED) is 0.879. The fourth-order valence-corrected chi connectivity index (χ4v) is 2.97. The highest BCUT2D eigenvalue weighted by molar-refractivity contribution is 9.10. The van der Waals surface area contributed by atoms with Crippen LogP contribution in [-0.4, -0.2) is 13.7 Å². The van der Waals surface area contributed by atoms with Gasteiger partial charge in [0.2, 0.25) is 0 Å². The molecule has 1 fully saturated rings. The van der Waals surface area contributed by atoms with E-state index in [0.717, 1.165) is 18.2 Å². The van der Waals surface area contributed by atoms with Crippen molar-refractivity contribution in [1.82, 2.24) is 5.32 Å². The molecule has 1 unspecified atom stereocenters. The molecule has 0 saturated heterocycles. The third kappa shape index (κ3) is 2.72. The van der Waals surface area contributed by atoms with Crippen LogP contribution in [0.15, 0.2) is 16.6 Å². The van der Waals surface area contributed by atoms with Crippen molar-refractivity contribution in [2.24, 2.45) is 5.92 Å². The van der Waals surface area contributed by atoms with E-state index in [1.54, 1.807) is 7.11 Å². The second-order valence-corrected chi connectivity index (χ2v) is 5.92. The van der Waals surface area contributed by atoms with E-state index in [-0.39, 0.29) is 0 Å². The van der Waals surface area contributed by atoms with Gasteiger partial charge in [-0.25, -0.2) is 0 Å². The maximum absolute atomic E-state index is 5.57. The Labute approximate surface area is 118 Å². The molecule has 0 amide bonds. The van der Waals surface area contributed by atoms with Gasteiger partial charge in [0.25, 0.3) is 0 Å². The molecule has 0 bridgehead atoms. The van der Waals surface area contributed by atoms with Crippen LogP contribution in [0.25, 0.3) is 0 Å². The SMILES string of the molecule is CCNC(c1cc(Br)c(C)cc1OC)C1CCC1. The van der Waals surface area contributed by atoms with Crippen molar-refractivity contribution in [1.29, 1.82) is 0 Å². The smallest absolute Gasteiger partial charge is 0.123 e. The van der Waals surface area contributed by atoms with E-state index < -0.39 is 0 Å². The van der Waals surface area contributed by atoms with Crippen LogP contribution in [0.3, 0.4) is 0 Å². The van der Waals surface area contributed by atoms with Gasteiger partial charge in [0.1, 0.15) is 5.75 Å². The summed E-state index contributed by atoms with van der Waals surface area (Å²) < 4.78 is 6.73. The van der Waals surface area contributed by atoms with Crippen LogP contribution in [0, 0.1) is 12.8 Å². The highest BCUT2D eigenvalue weighted by Gasteiger charge is 2.30. The van der Waals surface area contributed by atoms with Gasteiger partial charge in [-0.1, -0.05) is 29.3 Å². The molecule has 0 aromatic heterocycles. The lowest BCUT2D eigenvalue weighted by molar-refractivity contribution is 0.229. The molecule has 1 aliphatic carbocycles. The van der Waals surface area contributed by atoms with E-state index in [9.17, 15) is 0 Å². The fraction of sp³-hybridized carbons (Fsp3) is 0.600. The molecule has 2 nitrogen and oxygen atoms in total. The zero-order valence-corrected chi connectivity index (χ0v) is 13.0. The van der Waals surface area contributed by atoms with E-state index in [0.29, 0.717) is 6.04 Å². The van der Waals surface area contributed by atoms with Crippen LogP contribution in [0.4, 0.5) is 0 Å². The lowest BCUT2D eigenvalue weighted by atomic mass is 9.77. The Morgan fingerprint density at radius 1 is 1.44 bits per heavy atom. The molecule has 1 saturated carbocycles. The Kier molecular flexibility index (Phi) is 4.68. The van der Waals surface area contributed by atoms with Crippen LogP contribution in [0.2, 0.25) is 0 Å². The van der Waals surface area contributed by atoms with Crippen molar-refractivity contribution in [3.05, 3.63) is 27.7 Å². The first-order chi connectivity index (χ1) is 8.67. The predicted octanol–water partition coefficient (Wildman–Crippen LogP) is 4.22. The molecule has 18 heavy (non-hydrogen) atoms. The second-order valence-electron chi connectivity index (χ2n) is 5.07. The largest absolute Gasteiger partial charge is 0.496 e. The number of ether oxygens (including phenoxy) is 1. The Morgan fingerprint density at radius 3 is 2.67 bits per heavy atom. The van der Waals surface area contributed by atoms with Crippen LogP contribution in [0.1, 0.15) is 43.4 Å². The van der Waals surface area contributed by atoms with Gasteiger partial charge in [0.15, 0.2) is 0 Å². The zero-order chi connectivity index (χ0) is 13.1. The molecule has 1 aliphatic rings. The van der Waals surface area contributed by atoms with E-state index in [4.69, 9.17) is 4.74 Å². The molecule has 1 atom stereocenters. The minimum absolute atomic E-state index is 0.426. The molecule has 2 rings (SSSR count). The lowest BCUT2D eigenvalue weighted by Gasteiger charge is -2.35. The molecular weight excluding hydrogens is 290 g/mol. The predicted molar refractivity (Wildman–Crippen MR) is 79.2 cm³/mol. The Balaban J connectivity index is 2.35. The van der Waals surface area contributed by atoms with Gasteiger partial charge in [0.05, 0.1) is 7.11 Å². The van der Waals surface area contributed by atoms with Crippen LogP contribution in [0.5, 0.6) is 5.75 Å². The van der Waals surface area contributed by atoms with Crippen molar-refractivity contribution in [3.63, 3.8) is 0 Å². The van der Waals surface area contributed by atoms with Crippen molar-refractivity contribution < 1.29 is 4.74 Å². The van der Waals surface area contributed by atoms with Gasteiger partial charge >= 0.3 is 0 Å². The number of hydrogen-bond donors (Lipinski definition) is 1. The summed E-state index contributed by atoms with van der Waals surface area (Å²) in [5, 5.41) is 3.62. The maximum Gasteiger partial charge on any atom is 0.123 e. The number of benzene rings is 1. The summed E-state index contributed by atoms with van der Waals surface area (Å²) in [4.78, 5) is 0. The molecule has 0 heterocycles. The summed E-state index contributed by atoms with van der Waals surface area (Å²) >= 11 is 3.63. The molecule has 1 aromatic rings. The number of hydrogen-bond acceptors (Lipinski definition) is 2. The number of rotatable bonds is 5. The summed E-state index contributed by atoms with van der Waals surface area (Å²) in [5.41, 5.74) is 2.51. The van der Waals surface area contributed by atoms with Crippen LogP contribution >= 0.6 is 15.9 Å². The van der Waals surface area contributed by atoms with Crippen LogP contribution < -0.4 is 10.1 Å². The Bertz CT molecular complexity index is 415. The maximum atomic E-state index is 5.57. The average molecular weight is 312 g/mol. The molecule has 0 spiro atoms. The van der Waals surface area contributed by atoms with E-state index in [2.05, 4.69) is 47.2 Å². The van der Waals surface area contributed by atoms with Gasteiger partial charge in [-0.3, -0.25) is 0 Å². The second kappa shape index (κ2) is 6.07. The van der Waals surface area contributed by atoms with Crippen LogP contribution in [-0.2, 0) is 0 Å². The molecule has 3 heteroatoms. The van der Waals surface area contributed by atoms with E-state index >= 15 is 0 Å². The van der Waals surface area contributed by atoms with Gasteiger partial charge in [-0.15, -0.1) is 0 Å². The third-order valence-electron chi connectivity index (χ3n) is 3.89. The topological polar surface area (TPSA) is 21.3 Å². The van der Waals surface area contributed by atoms with Crippen molar-refractivity contribution in [2.45, 2.75) is 39.2 Å². The fourth-order valence-electron chi connectivity index (χ4n) is 2.61. The average Bonchev–Trinajstić information content (AvgIpc) is 2.29. The van der Waals surface area contributed by atoms with Crippen molar-refractivity contribution in [2.75, 3.05) is 13.7 Å². The van der Waals surface area contributed by atoms with Crippen molar-refractivity contribution in [3.8, 4) is 5.75 Å². The molecule has 0 radical (unpaired) electrons. The van der Waals surface area contributed by atoms with E-state index in [1.165, 1.54) is 34.9 Å². The molecule has 1 aromatic carbocycles. The minimum Gasteiger partial charge on any atom is -0.496 e. The molecule has 1 N–H and O–H groups in total. The van der Waals surface area contributed by atoms with Crippen molar-refractivity contribution >= 4 is 15.9 Å². The number of halogens is 1. The molecule has 0 aliphatic heterocycles. The van der Waals surface area contributed by atoms with Gasteiger partial charge in [0, 0.05) is 16.1 Å². The number of aryl methyl sites for hydroxylation is 1. The first-order valence-electron chi connectivity index (χ1n) is 6.74. The van der Waals surface area contributed by atoms with Gasteiger partial charge in [-0.05, 0) is 49.9 Å². The van der Waals surface area contributed by atoms with Gasteiger partial charge in [-0.2, -0.15) is 0 Å². The van der Waals surface area contributed by atoms with Gasteiger partial charge < -0.3 is 10.1 Å². The molecule has 100 valence electrons. The normalized spacial score (nSPS) is 17.3. The summed E-state index contributed by atoms with van der Waals surface area (Å²) in [6.45, 7) is 5.26. The number of methoxy groups -OCH3 is 1. The molecular formula is C15H22BrNO. The Hall–Kier alpha value is -0.540. The highest BCUT2D eigenvalue weighted by atomic mass is 79.9. The monoisotopic (exact) mass is 311 g/mol. The first-order valence-corrected chi connectivity index (χ1v) is 7.54. The summed E-state index contributed by atoms with van der Waals surface area (Å²) in [5.74, 6) is 1.77. The summed E-state index contributed by atoms with van der Waals surface area (Å²) in [6.07, 6.45) is 4.01. The first kappa shape index (κ1) is 13.9. The standard InChI is InChI=1S/C15H22BrNO/c1-4-17-15(11-6-5-7-11)12-9-13(16)10(2)8-14(12)18-3/h8-9,11,15,17H,4-7H2,1-3H3.